The molecule has 122 valence electrons. The Kier molecular flexibility index (Phi) is 4.79. The van der Waals surface area contributed by atoms with Crippen molar-refractivity contribution in [3.05, 3.63) is 53.1 Å². The normalized spacial score (nSPS) is 11.5. The first kappa shape index (κ1) is 17.1. The van der Waals surface area contributed by atoms with Gasteiger partial charge < -0.3 is 10.2 Å². The van der Waals surface area contributed by atoms with E-state index in [0.29, 0.717) is 12.2 Å². The van der Waals surface area contributed by atoms with Gasteiger partial charge in [-0.25, -0.2) is 0 Å². The number of carboxylic acids is 1. The van der Waals surface area contributed by atoms with Crippen molar-refractivity contribution in [2.75, 3.05) is 0 Å². The van der Waals surface area contributed by atoms with Crippen LogP contribution >= 0.6 is 0 Å². The molecule has 2 aromatic carbocycles. The van der Waals surface area contributed by atoms with Crippen LogP contribution in [0, 0.1) is 6.92 Å². The molecule has 0 aliphatic carbocycles. The van der Waals surface area contributed by atoms with Gasteiger partial charge in [-0.2, -0.15) is 0 Å². The minimum absolute atomic E-state index is 0.133. The predicted molar refractivity (Wildman–Crippen MR) is 92.9 cm³/mol. The molecule has 0 heterocycles. The number of aromatic hydroxyl groups is 1. The molecular formula is C20H24O3. The third kappa shape index (κ3) is 4.13. The van der Waals surface area contributed by atoms with Gasteiger partial charge in [-0.1, -0.05) is 45.0 Å². The van der Waals surface area contributed by atoms with Crippen molar-refractivity contribution < 1.29 is 15.0 Å². The molecule has 23 heavy (non-hydrogen) atoms. The quantitative estimate of drug-likeness (QED) is 0.861. The molecule has 0 saturated heterocycles. The summed E-state index contributed by atoms with van der Waals surface area (Å²) in [6.45, 7) is 8.16. The molecule has 0 bridgehead atoms. The van der Waals surface area contributed by atoms with Gasteiger partial charge in [0.2, 0.25) is 0 Å². The smallest absolute Gasteiger partial charge is 0.303 e. The van der Waals surface area contributed by atoms with Crippen LogP contribution in [-0.2, 0) is 16.6 Å². The van der Waals surface area contributed by atoms with Crippen LogP contribution in [0.25, 0.3) is 11.1 Å². The fraction of sp³-hybridized carbons (Fsp3) is 0.350. The summed E-state index contributed by atoms with van der Waals surface area (Å²) in [4.78, 5) is 10.6. The standard InChI is InChI=1S/C20H24O3/c1-13-11-16(12-17(19(13)23)20(2,3)4)15-8-5-14(6-9-15)7-10-18(21)22/h5-6,8-9,11-12,23H,7,10H2,1-4H3,(H,21,22). The van der Waals surface area contributed by atoms with E-state index in [1.807, 2.05) is 43.3 Å². The molecule has 3 heteroatoms. The van der Waals surface area contributed by atoms with Crippen LogP contribution in [0.5, 0.6) is 5.75 Å². The molecule has 2 aromatic rings. The molecule has 0 atom stereocenters. The molecule has 2 rings (SSSR count). The van der Waals surface area contributed by atoms with Crippen molar-refractivity contribution in [1.82, 2.24) is 0 Å². The molecule has 0 aliphatic heterocycles. The Morgan fingerprint density at radius 2 is 1.65 bits per heavy atom. The zero-order valence-electron chi connectivity index (χ0n) is 14.2. The first-order chi connectivity index (χ1) is 10.7. The molecule has 0 amide bonds. The van der Waals surface area contributed by atoms with Gasteiger partial charge in [-0.05, 0) is 53.1 Å². The Morgan fingerprint density at radius 1 is 1.04 bits per heavy atom. The molecule has 0 spiro atoms. The number of aliphatic carboxylic acids is 1. The van der Waals surface area contributed by atoms with Crippen molar-refractivity contribution in [3.63, 3.8) is 0 Å². The van der Waals surface area contributed by atoms with Crippen LogP contribution in [0.15, 0.2) is 36.4 Å². The monoisotopic (exact) mass is 312 g/mol. The van der Waals surface area contributed by atoms with Crippen LogP contribution < -0.4 is 0 Å². The third-order valence-corrected chi connectivity index (χ3v) is 4.02. The summed E-state index contributed by atoms with van der Waals surface area (Å²) >= 11 is 0. The van der Waals surface area contributed by atoms with Gasteiger partial charge in [-0.15, -0.1) is 0 Å². The highest BCUT2D eigenvalue weighted by atomic mass is 16.4. The average molecular weight is 312 g/mol. The number of phenols is 1. The molecule has 0 unspecified atom stereocenters. The zero-order chi connectivity index (χ0) is 17.2. The number of hydrogen-bond donors (Lipinski definition) is 2. The highest BCUT2D eigenvalue weighted by molar-refractivity contribution is 5.69. The van der Waals surface area contributed by atoms with E-state index in [4.69, 9.17) is 5.11 Å². The van der Waals surface area contributed by atoms with Crippen LogP contribution in [0.4, 0.5) is 0 Å². The Labute approximate surface area is 137 Å². The van der Waals surface area contributed by atoms with Crippen LogP contribution in [0.3, 0.4) is 0 Å². The van der Waals surface area contributed by atoms with Crippen molar-refractivity contribution in [2.45, 2.75) is 46.0 Å². The molecule has 0 radical (unpaired) electrons. The van der Waals surface area contributed by atoms with Gasteiger partial charge >= 0.3 is 5.97 Å². The second-order valence-corrected chi connectivity index (χ2v) is 7.03. The lowest BCUT2D eigenvalue weighted by Gasteiger charge is -2.22. The molecule has 0 aliphatic rings. The van der Waals surface area contributed by atoms with Crippen molar-refractivity contribution in [3.8, 4) is 16.9 Å². The van der Waals surface area contributed by atoms with Gasteiger partial charge in [-0.3, -0.25) is 4.79 Å². The highest BCUT2D eigenvalue weighted by Crippen LogP contribution is 2.37. The Balaban J connectivity index is 2.35. The van der Waals surface area contributed by atoms with Crippen molar-refractivity contribution >= 4 is 5.97 Å². The SMILES string of the molecule is Cc1cc(-c2ccc(CCC(=O)O)cc2)cc(C(C)(C)C)c1O. The molecule has 0 aromatic heterocycles. The molecule has 3 nitrogen and oxygen atoms in total. The topological polar surface area (TPSA) is 57.5 Å². The maximum atomic E-state index is 10.6. The summed E-state index contributed by atoms with van der Waals surface area (Å²) in [7, 11) is 0. The van der Waals surface area contributed by atoms with E-state index in [0.717, 1.165) is 27.8 Å². The van der Waals surface area contributed by atoms with Crippen molar-refractivity contribution in [2.24, 2.45) is 0 Å². The van der Waals surface area contributed by atoms with Gasteiger partial charge in [0.25, 0.3) is 0 Å². The number of rotatable bonds is 4. The number of benzene rings is 2. The van der Waals surface area contributed by atoms with E-state index < -0.39 is 5.97 Å². The number of carboxylic acid groups (broad SMARTS) is 1. The van der Waals surface area contributed by atoms with E-state index in [9.17, 15) is 9.90 Å². The van der Waals surface area contributed by atoms with E-state index in [-0.39, 0.29) is 11.8 Å². The summed E-state index contributed by atoms with van der Waals surface area (Å²) in [5, 5.41) is 19.1. The fourth-order valence-corrected chi connectivity index (χ4v) is 2.63. The summed E-state index contributed by atoms with van der Waals surface area (Å²) in [5.41, 5.74) is 4.81. The molecule has 0 saturated carbocycles. The largest absolute Gasteiger partial charge is 0.507 e. The molecular weight excluding hydrogens is 288 g/mol. The Morgan fingerprint density at radius 3 is 2.17 bits per heavy atom. The lowest BCUT2D eigenvalue weighted by Crippen LogP contribution is -2.12. The van der Waals surface area contributed by atoms with Gasteiger partial charge in [0, 0.05) is 12.0 Å². The van der Waals surface area contributed by atoms with Gasteiger partial charge in [0.15, 0.2) is 0 Å². The minimum atomic E-state index is -0.780. The third-order valence-electron chi connectivity index (χ3n) is 4.02. The minimum Gasteiger partial charge on any atom is -0.507 e. The second kappa shape index (κ2) is 6.45. The maximum absolute atomic E-state index is 10.6. The average Bonchev–Trinajstić information content (AvgIpc) is 2.47. The predicted octanol–water partition coefficient (Wildman–Crippen LogP) is 4.68. The molecule has 2 N–H and O–H groups in total. The summed E-state index contributed by atoms with van der Waals surface area (Å²) in [6.07, 6.45) is 0.684. The fourth-order valence-electron chi connectivity index (χ4n) is 2.63. The van der Waals surface area contributed by atoms with E-state index in [1.54, 1.807) is 0 Å². The van der Waals surface area contributed by atoms with E-state index in [2.05, 4.69) is 20.8 Å². The van der Waals surface area contributed by atoms with Gasteiger partial charge in [0.1, 0.15) is 5.75 Å². The lowest BCUT2D eigenvalue weighted by atomic mass is 9.83. The number of aryl methyl sites for hydroxylation is 2. The second-order valence-electron chi connectivity index (χ2n) is 7.03. The summed E-state index contributed by atoms with van der Waals surface area (Å²) < 4.78 is 0. The Hall–Kier alpha value is -2.29. The van der Waals surface area contributed by atoms with E-state index >= 15 is 0 Å². The maximum Gasteiger partial charge on any atom is 0.303 e. The summed E-state index contributed by atoms with van der Waals surface area (Å²) in [6, 6.07) is 12.0. The van der Waals surface area contributed by atoms with Gasteiger partial charge in [0.05, 0.1) is 0 Å². The first-order valence-corrected chi connectivity index (χ1v) is 7.83. The Bertz CT molecular complexity index is 707. The van der Waals surface area contributed by atoms with Crippen LogP contribution in [0.2, 0.25) is 0 Å². The first-order valence-electron chi connectivity index (χ1n) is 7.83. The number of phenolic OH excluding ortho intramolecular Hbond substituents is 1. The lowest BCUT2D eigenvalue weighted by molar-refractivity contribution is -0.136. The van der Waals surface area contributed by atoms with E-state index in [1.165, 1.54) is 0 Å². The van der Waals surface area contributed by atoms with Crippen LogP contribution in [0.1, 0.15) is 43.9 Å². The number of carbonyl (C=O) groups is 1. The zero-order valence-corrected chi connectivity index (χ0v) is 14.2. The highest BCUT2D eigenvalue weighted by Gasteiger charge is 2.20. The van der Waals surface area contributed by atoms with Crippen LogP contribution in [-0.4, -0.2) is 16.2 Å². The summed E-state index contributed by atoms with van der Waals surface area (Å²) in [5.74, 6) is -0.419. The molecule has 0 fully saturated rings. The number of hydrogen-bond acceptors (Lipinski definition) is 2. The van der Waals surface area contributed by atoms with Crippen molar-refractivity contribution in [1.29, 1.82) is 0 Å².